The topological polar surface area (TPSA) is 96.0 Å². The van der Waals surface area contributed by atoms with E-state index in [1.807, 2.05) is 44.2 Å². The molecule has 0 aromatic heterocycles. The van der Waals surface area contributed by atoms with Crippen LogP contribution in [0, 0.1) is 0 Å². The largest absolute Gasteiger partial charge is 0.494 e. The number of unbranched alkanes of at least 4 members (excludes halogenated alkanes) is 1. The molecular weight excluding hydrogens is 622 g/mol. The van der Waals surface area contributed by atoms with Crippen LogP contribution < -0.4 is 14.4 Å². The number of hydrogen-bond acceptors (Lipinski definition) is 5. The molecule has 10 heteroatoms. The third-order valence-corrected chi connectivity index (χ3v) is 9.45. The predicted octanol–water partition coefficient (Wildman–Crippen LogP) is 6.49. The van der Waals surface area contributed by atoms with Gasteiger partial charge in [0.1, 0.15) is 18.3 Å². The van der Waals surface area contributed by atoms with Gasteiger partial charge in [-0.2, -0.15) is 0 Å². The number of para-hydroxylation sites is 1. The lowest BCUT2D eigenvalue weighted by Crippen LogP contribution is -2.53. The molecule has 0 aliphatic rings. The maximum atomic E-state index is 14.5. The molecule has 0 saturated carbocycles. The zero-order valence-electron chi connectivity index (χ0n) is 26.1. The first-order valence-corrected chi connectivity index (χ1v) is 17.2. The molecule has 0 saturated heterocycles. The van der Waals surface area contributed by atoms with Crippen LogP contribution >= 0.6 is 11.6 Å². The predicted molar refractivity (Wildman–Crippen MR) is 182 cm³/mol. The fourth-order valence-corrected chi connectivity index (χ4v) is 6.51. The summed E-state index contributed by atoms with van der Waals surface area (Å²) in [5, 5.41) is 3.53. The van der Waals surface area contributed by atoms with Gasteiger partial charge in [-0.1, -0.05) is 85.6 Å². The summed E-state index contributed by atoms with van der Waals surface area (Å²) in [4.78, 5) is 29.8. The van der Waals surface area contributed by atoms with Gasteiger partial charge in [-0.25, -0.2) is 8.42 Å². The molecule has 1 atom stereocenters. The molecular formula is C36H40ClN3O5S. The Morgan fingerprint density at radius 2 is 1.46 bits per heavy atom. The smallest absolute Gasteiger partial charge is 0.264 e. The lowest BCUT2D eigenvalue weighted by Gasteiger charge is -2.34. The summed E-state index contributed by atoms with van der Waals surface area (Å²) in [7, 11) is -4.20. The van der Waals surface area contributed by atoms with E-state index >= 15 is 0 Å². The SMILES string of the molecule is CCCCNC(=O)C(Cc1ccccc1)N(Cc1ccc(Cl)cc1)C(=O)CN(c1ccccc1)S(=O)(=O)c1ccc(OCC)cc1. The second-order valence-electron chi connectivity index (χ2n) is 10.7. The maximum absolute atomic E-state index is 14.5. The van der Waals surface area contributed by atoms with E-state index in [0.717, 1.165) is 28.3 Å². The molecule has 4 rings (SSSR count). The van der Waals surface area contributed by atoms with Crippen LogP contribution in [0.25, 0.3) is 0 Å². The Balaban J connectivity index is 1.75. The van der Waals surface area contributed by atoms with Crippen LogP contribution in [0.15, 0.2) is 114 Å². The molecule has 0 radical (unpaired) electrons. The van der Waals surface area contributed by atoms with E-state index in [4.69, 9.17) is 16.3 Å². The Labute approximate surface area is 277 Å². The number of benzene rings is 4. The molecule has 242 valence electrons. The summed E-state index contributed by atoms with van der Waals surface area (Å²) in [6, 6.07) is 30.2. The lowest BCUT2D eigenvalue weighted by molar-refractivity contribution is -0.140. The van der Waals surface area contributed by atoms with Gasteiger partial charge >= 0.3 is 0 Å². The van der Waals surface area contributed by atoms with E-state index in [9.17, 15) is 18.0 Å². The van der Waals surface area contributed by atoms with Crippen LogP contribution in [0.5, 0.6) is 5.75 Å². The van der Waals surface area contributed by atoms with Gasteiger partial charge in [-0.15, -0.1) is 0 Å². The summed E-state index contributed by atoms with van der Waals surface area (Å²) in [6.07, 6.45) is 1.93. The third-order valence-electron chi connectivity index (χ3n) is 7.41. The van der Waals surface area contributed by atoms with Crippen LogP contribution in [0.1, 0.15) is 37.8 Å². The number of carbonyl (C=O) groups is 2. The Hall–Kier alpha value is -4.34. The first-order chi connectivity index (χ1) is 22.2. The number of amides is 2. The van der Waals surface area contributed by atoms with Crippen LogP contribution in [0.3, 0.4) is 0 Å². The highest BCUT2D eigenvalue weighted by Gasteiger charge is 2.34. The van der Waals surface area contributed by atoms with Crippen molar-refractivity contribution in [1.82, 2.24) is 10.2 Å². The number of sulfonamides is 1. The van der Waals surface area contributed by atoms with Crippen LogP contribution in [0.4, 0.5) is 5.69 Å². The molecule has 0 fully saturated rings. The number of hydrogen-bond donors (Lipinski definition) is 1. The minimum atomic E-state index is -4.20. The van der Waals surface area contributed by atoms with Crippen molar-refractivity contribution in [3.63, 3.8) is 0 Å². The highest BCUT2D eigenvalue weighted by molar-refractivity contribution is 7.92. The Bertz CT molecular complexity index is 1650. The molecule has 8 nitrogen and oxygen atoms in total. The zero-order chi connectivity index (χ0) is 32.9. The fourth-order valence-electron chi connectivity index (χ4n) is 4.97. The minimum absolute atomic E-state index is 0.00926. The van der Waals surface area contributed by atoms with Crippen molar-refractivity contribution in [3.8, 4) is 5.75 Å². The molecule has 1 N–H and O–H groups in total. The van der Waals surface area contributed by atoms with Crippen molar-refractivity contribution in [2.45, 2.75) is 50.6 Å². The van der Waals surface area contributed by atoms with E-state index in [0.29, 0.717) is 29.6 Å². The summed E-state index contributed by atoms with van der Waals surface area (Å²) < 4.78 is 34.9. The van der Waals surface area contributed by atoms with Crippen molar-refractivity contribution in [2.24, 2.45) is 0 Å². The van der Waals surface area contributed by atoms with Crippen LogP contribution in [-0.2, 0) is 32.6 Å². The second-order valence-corrected chi connectivity index (χ2v) is 13.0. The van der Waals surface area contributed by atoms with Crippen LogP contribution in [-0.4, -0.2) is 50.9 Å². The molecule has 46 heavy (non-hydrogen) atoms. The van der Waals surface area contributed by atoms with Gasteiger partial charge in [0.25, 0.3) is 10.0 Å². The number of anilines is 1. The highest BCUT2D eigenvalue weighted by Crippen LogP contribution is 2.26. The maximum Gasteiger partial charge on any atom is 0.264 e. The van der Waals surface area contributed by atoms with Gasteiger partial charge in [0, 0.05) is 24.5 Å². The van der Waals surface area contributed by atoms with Gasteiger partial charge in [-0.05, 0) is 73.0 Å². The van der Waals surface area contributed by atoms with Crippen molar-refractivity contribution >= 4 is 39.1 Å². The normalized spacial score (nSPS) is 11.8. The molecule has 4 aromatic carbocycles. The zero-order valence-corrected chi connectivity index (χ0v) is 27.7. The number of ether oxygens (including phenoxy) is 1. The average Bonchev–Trinajstić information content (AvgIpc) is 3.07. The summed E-state index contributed by atoms with van der Waals surface area (Å²) in [5.41, 5.74) is 1.94. The van der Waals surface area contributed by atoms with Crippen molar-refractivity contribution in [1.29, 1.82) is 0 Å². The number of nitrogens with zero attached hydrogens (tertiary/aromatic N) is 2. The summed E-state index contributed by atoms with van der Waals surface area (Å²) in [6.45, 7) is 4.33. The number of halogens is 1. The van der Waals surface area contributed by atoms with E-state index in [2.05, 4.69) is 5.32 Å². The Morgan fingerprint density at radius 1 is 0.826 bits per heavy atom. The van der Waals surface area contributed by atoms with E-state index in [1.54, 1.807) is 66.7 Å². The molecule has 0 bridgehead atoms. The first kappa shape index (κ1) is 34.5. The van der Waals surface area contributed by atoms with E-state index < -0.39 is 28.5 Å². The van der Waals surface area contributed by atoms with Crippen LogP contribution in [0.2, 0.25) is 5.02 Å². The summed E-state index contributed by atoms with van der Waals surface area (Å²) >= 11 is 6.15. The molecule has 0 aliphatic heterocycles. The lowest BCUT2D eigenvalue weighted by atomic mass is 10.0. The average molecular weight is 662 g/mol. The van der Waals surface area contributed by atoms with Gasteiger partial charge in [0.05, 0.1) is 17.2 Å². The number of carbonyl (C=O) groups excluding carboxylic acids is 2. The van der Waals surface area contributed by atoms with Gasteiger partial charge in [0.2, 0.25) is 11.8 Å². The molecule has 2 amide bonds. The van der Waals surface area contributed by atoms with Gasteiger partial charge < -0.3 is 15.0 Å². The van der Waals surface area contributed by atoms with Crippen molar-refractivity contribution < 1.29 is 22.7 Å². The highest BCUT2D eigenvalue weighted by atomic mass is 35.5. The third kappa shape index (κ3) is 9.34. The minimum Gasteiger partial charge on any atom is -0.494 e. The fraction of sp³-hybridized carbons (Fsp3) is 0.278. The number of rotatable bonds is 16. The molecule has 0 heterocycles. The van der Waals surface area contributed by atoms with E-state index in [-0.39, 0.29) is 23.8 Å². The quantitative estimate of drug-likeness (QED) is 0.139. The molecule has 0 spiro atoms. The molecule has 1 unspecified atom stereocenters. The van der Waals surface area contributed by atoms with Crippen molar-refractivity contribution in [2.75, 3.05) is 24.0 Å². The Morgan fingerprint density at radius 3 is 2.07 bits per heavy atom. The first-order valence-electron chi connectivity index (χ1n) is 15.4. The standard InChI is InChI=1S/C36H40ClN3O5S/c1-3-5-24-38-36(42)34(25-28-12-8-6-9-13-28)39(26-29-16-18-30(37)19-17-29)35(41)27-40(31-14-10-7-11-15-31)46(43,44)33-22-20-32(21-23-33)45-4-2/h6-23,34H,3-5,24-27H2,1-2H3,(H,38,42). The van der Waals surface area contributed by atoms with Gasteiger partial charge in [-0.3, -0.25) is 13.9 Å². The molecule has 0 aliphatic carbocycles. The van der Waals surface area contributed by atoms with E-state index in [1.165, 1.54) is 17.0 Å². The molecule has 4 aromatic rings. The Kier molecular flexibility index (Phi) is 12.6. The summed E-state index contributed by atoms with van der Waals surface area (Å²) in [5.74, 6) is -0.295. The number of nitrogens with one attached hydrogen (secondary N) is 1. The second kappa shape index (κ2) is 16.8. The monoisotopic (exact) mass is 661 g/mol. The van der Waals surface area contributed by atoms with Crippen molar-refractivity contribution in [3.05, 3.63) is 125 Å². The van der Waals surface area contributed by atoms with Gasteiger partial charge in [0.15, 0.2) is 0 Å².